The van der Waals surface area contributed by atoms with E-state index in [1.54, 1.807) is 0 Å². The Labute approximate surface area is 131 Å². The van der Waals surface area contributed by atoms with E-state index in [9.17, 15) is 48.0 Å². The molecular formula is C10H7F6NO5S2. The van der Waals surface area contributed by atoms with Gasteiger partial charge in [-0.25, -0.2) is 0 Å². The van der Waals surface area contributed by atoms with Gasteiger partial charge in [0, 0.05) is 5.56 Å². The molecule has 6 nitrogen and oxygen atoms in total. The first-order valence-electron chi connectivity index (χ1n) is 5.57. The summed E-state index contributed by atoms with van der Waals surface area (Å²) in [4.78, 5) is 11.0. The van der Waals surface area contributed by atoms with Gasteiger partial charge in [0.2, 0.25) is 0 Å². The second-order valence-electron chi connectivity index (χ2n) is 4.20. The Balaban J connectivity index is 3.73. The molecule has 14 heteroatoms. The number of ketones is 1. The minimum Gasteiger partial charge on any atom is -0.295 e. The number of alkyl halides is 6. The van der Waals surface area contributed by atoms with E-state index < -0.39 is 46.2 Å². The number of sulfonamides is 2. The zero-order chi connectivity index (χ0) is 19.1. The van der Waals surface area contributed by atoms with Crippen LogP contribution in [0.1, 0.15) is 17.3 Å². The van der Waals surface area contributed by atoms with Crippen LogP contribution in [0.4, 0.5) is 32.0 Å². The molecule has 0 atom stereocenters. The first-order valence-corrected chi connectivity index (χ1v) is 8.45. The summed E-state index contributed by atoms with van der Waals surface area (Å²) in [5.41, 5.74) is -14.3. The van der Waals surface area contributed by atoms with Gasteiger partial charge in [0.15, 0.2) is 5.78 Å². The van der Waals surface area contributed by atoms with Gasteiger partial charge in [0.05, 0.1) is 5.69 Å². The number of carbonyl (C=O) groups excluding carboxylic acids is 1. The average molecular weight is 399 g/mol. The number of hydrogen-bond acceptors (Lipinski definition) is 5. The molecule has 0 fully saturated rings. The molecule has 0 aliphatic heterocycles. The lowest BCUT2D eigenvalue weighted by Gasteiger charge is -2.25. The highest BCUT2D eigenvalue weighted by Gasteiger charge is 2.61. The standard InChI is InChI=1S/C10H7F6NO5S2/c1-6(18)7-2-4-8(5-3-7)17(23(19,20)9(11,12)13)24(21,22)10(14,15)16/h2-5H,1H3. The largest absolute Gasteiger partial charge is 0.517 e. The molecule has 0 heterocycles. The van der Waals surface area contributed by atoms with Gasteiger partial charge in [0.25, 0.3) is 0 Å². The van der Waals surface area contributed by atoms with E-state index in [1.807, 2.05) is 0 Å². The Hall–Kier alpha value is -1.83. The van der Waals surface area contributed by atoms with Crippen LogP contribution in [0.3, 0.4) is 0 Å². The topological polar surface area (TPSA) is 88.6 Å². The third-order valence-corrected chi connectivity index (χ3v) is 6.15. The van der Waals surface area contributed by atoms with Crippen LogP contribution in [0.15, 0.2) is 24.3 Å². The fourth-order valence-electron chi connectivity index (χ4n) is 1.41. The lowest BCUT2D eigenvalue weighted by atomic mass is 10.1. The molecule has 1 aromatic carbocycles. The minimum atomic E-state index is -6.93. The first kappa shape index (κ1) is 20.2. The second kappa shape index (κ2) is 5.91. The summed E-state index contributed by atoms with van der Waals surface area (Å²) in [5, 5.41) is 0. The van der Waals surface area contributed by atoms with Crippen LogP contribution in [0.5, 0.6) is 0 Å². The fraction of sp³-hybridized carbons (Fsp3) is 0.300. The molecule has 1 aromatic rings. The molecule has 24 heavy (non-hydrogen) atoms. The highest BCUT2D eigenvalue weighted by molar-refractivity contribution is 8.11. The molecule has 0 bridgehead atoms. The van der Waals surface area contributed by atoms with Crippen molar-refractivity contribution in [3.05, 3.63) is 29.8 Å². The molecule has 0 N–H and O–H groups in total. The van der Waals surface area contributed by atoms with Crippen LogP contribution in [-0.2, 0) is 20.0 Å². The summed E-state index contributed by atoms with van der Waals surface area (Å²) in [7, 11) is -13.9. The van der Waals surface area contributed by atoms with Crippen molar-refractivity contribution in [1.82, 2.24) is 0 Å². The van der Waals surface area contributed by atoms with Crippen molar-refractivity contribution < 1.29 is 48.0 Å². The molecule has 0 amide bonds. The van der Waals surface area contributed by atoms with Crippen LogP contribution in [0, 0.1) is 0 Å². The van der Waals surface area contributed by atoms with E-state index in [4.69, 9.17) is 0 Å². The Morgan fingerprint density at radius 2 is 1.17 bits per heavy atom. The van der Waals surface area contributed by atoms with Crippen molar-refractivity contribution in [3.63, 3.8) is 0 Å². The van der Waals surface area contributed by atoms with Crippen molar-refractivity contribution in [2.24, 2.45) is 0 Å². The summed E-state index contributed by atoms with van der Waals surface area (Å²) in [6.07, 6.45) is 0. The molecule has 1 rings (SSSR count). The van der Waals surface area contributed by atoms with Crippen LogP contribution < -0.4 is 3.71 Å². The van der Waals surface area contributed by atoms with E-state index in [-0.39, 0.29) is 5.56 Å². The Morgan fingerprint density at radius 1 is 0.833 bits per heavy atom. The second-order valence-corrected chi connectivity index (χ2v) is 7.99. The monoisotopic (exact) mass is 399 g/mol. The predicted molar refractivity (Wildman–Crippen MR) is 68.9 cm³/mol. The maximum Gasteiger partial charge on any atom is 0.517 e. The van der Waals surface area contributed by atoms with Crippen molar-refractivity contribution in [2.45, 2.75) is 17.9 Å². The quantitative estimate of drug-likeness (QED) is 0.573. The van der Waals surface area contributed by atoms with Crippen molar-refractivity contribution in [1.29, 1.82) is 0 Å². The summed E-state index contributed by atoms with van der Waals surface area (Å²) in [5.74, 6) is -0.634. The number of carbonyl (C=O) groups is 1. The number of halogens is 6. The number of Topliss-reactive ketones (excluding diaryl/α,β-unsaturated/α-hetero) is 1. The molecule has 0 saturated carbocycles. The molecule has 0 aromatic heterocycles. The third-order valence-electron chi connectivity index (χ3n) is 2.51. The highest BCUT2D eigenvalue weighted by Crippen LogP contribution is 2.38. The molecule has 0 aliphatic rings. The number of benzene rings is 1. The Kier molecular flexibility index (Phi) is 4.98. The molecule has 136 valence electrons. The van der Waals surface area contributed by atoms with Crippen LogP contribution >= 0.6 is 0 Å². The predicted octanol–water partition coefficient (Wildman–Crippen LogP) is 2.39. The van der Waals surface area contributed by atoms with E-state index >= 15 is 0 Å². The third kappa shape index (κ3) is 3.48. The van der Waals surface area contributed by atoms with E-state index in [0.717, 1.165) is 6.92 Å². The maximum absolute atomic E-state index is 12.6. The van der Waals surface area contributed by atoms with Crippen LogP contribution in [0.2, 0.25) is 0 Å². The molecule has 0 aliphatic carbocycles. The number of rotatable bonds is 4. The van der Waals surface area contributed by atoms with Crippen molar-refractivity contribution in [2.75, 3.05) is 3.71 Å². The van der Waals surface area contributed by atoms with Gasteiger partial charge in [-0.1, -0.05) is 0 Å². The Morgan fingerprint density at radius 3 is 1.42 bits per heavy atom. The van der Waals surface area contributed by atoms with E-state index in [1.165, 1.54) is 0 Å². The Bertz CT molecular complexity index is 795. The fourth-order valence-corrected chi connectivity index (χ4v) is 4.13. The van der Waals surface area contributed by atoms with Gasteiger partial charge < -0.3 is 0 Å². The van der Waals surface area contributed by atoms with Gasteiger partial charge >= 0.3 is 31.1 Å². The van der Waals surface area contributed by atoms with Gasteiger partial charge in [-0.05, 0) is 31.2 Å². The minimum absolute atomic E-state index is 0.187. The van der Waals surface area contributed by atoms with Gasteiger partial charge in [-0.2, -0.15) is 43.2 Å². The number of nitrogens with zero attached hydrogens (tertiary/aromatic N) is 1. The van der Waals surface area contributed by atoms with Gasteiger partial charge in [-0.3, -0.25) is 4.79 Å². The highest BCUT2D eigenvalue weighted by atomic mass is 32.3. The summed E-state index contributed by atoms with van der Waals surface area (Å²) >= 11 is 0. The zero-order valence-electron chi connectivity index (χ0n) is 11.4. The maximum atomic E-state index is 12.6. The summed E-state index contributed by atoms with van der Waals surface area (Å²) in [6, 6.07) is 2.04. The summed E-state index contributed by atoms with van der Waals surface area (Å²) in [6.45, 7) is 1.02. The summed E-state index contributed by atoms with van der Waals surface area (Å²) < 4.78 is 119. The number of hydrogen-bond donors (Lipinski definition) is 0. The van der Waals surface area contributed by atoms with E-state index in [2.05, 4.69) is 0 Å². The molecule has 0 unspecified atom stereocenters. The molecular weight excluding hydrogens is 392 g/mol. The molecule has 0 saturated heterocycles. The first-order chi connectivity index (χ1) is 10.5. The van der Waals surface area contributed by atoms with Gasteiger partial charge in [0.1, 0.15) is 0 Å². The molecule has 0 radical (unpaired) electrons. The lowest BCUT2D eigenvalue weighted by molar-refractivity contribution is -0.0462. The van der Waals surface area contributed by atoms with Crippen LogP contribution in [-0.4, -0.2) is 33.6 Å². The van der Waals surface area contributed by atoms with E-state index in [0.29, 0.717) is 24.3 Å². The lowest BCUT2D eigenvalue weighted by Crippen LogP contribution is -2.49. The zero-order valence-corrected chi connectivity index (χ0v) is 13.0. The normalized spacial score (nSPS) is 13.6. The van der Waals surface area contributed by atoms with Crippen molar-refractivity contribution >= 4 is 31.5 Å². The smallest absolute Gasteiger partial charge is 0.295 e. The van der Waals surface area contributed by atoms with Gasteiger partial charge in [-0.15, -0.1) is 3.71 Å². The number of anilines is 1. The molecule has 0 spiro atoms. The average Bonchev–Trinajstić information content (AvgIpc) is 2.36. The van der Waals surface area contributed by atoms with Crippen LogP contribution in [0.25, 0.3) is 0 Å². The SMILES string of the molecule is CC(=O)c1ccc(N(S(=O)(=O)C(F)(F)F)S(=O)(=O)C(F)(F)F)cc1. The van der Waals surface area contributed by atoms with Crippen molar-refractivity contribution in [3.8, 4) is 0 Å².